The molecule has 0 bridgehead atoms. The molecule has 1 saturated carbocycles. The van der Waals surface area contributed by atoms with Crippen LogP contribution in [-0.2, 0) is 10.0 Å². The molecular weight excluding hydrogens is 340 g/mol. The van der Waals surface area contributed by atoms with Crippen molar-refractivity contribution < 1.29 is 17.6 Å². The zero-order chi connectivity index (χ0) is 17.6. The van der Waals surface area contributed by atoms with Crippen molar-refractivity contribution in [2.45, 2.75) is 56.0 Å². The van der Waals surface area contributed by atoms with Gasteiger partial charge in [0.05, 0.1) is 4.90 Å². The molecule has 2 aliphatic rings. The molecule has 1 aromatic heterocycles. The van der Waals surface area contributed by atoms with Crippen LogP contribution in [0.4, 0.5) is 0 Å². The Morgan fingerprint density at radius 3 is 2.72 bits per heavy atom. The molecule has 0 radical (unpaired) electrons. The number of furan rings is 1. The first-order valence-corrected chi connectivity index (χ1v) is 10.3. The lowest BCUT2D eigenvalue weighted by atomic mass is 10.0. The number of sulfonamides is 1. The summed E-state index contributed by atoms with van der Waals surface area (Å²) < 4.78 is 33.0. The molecule has 134 valence electrons. The van der Waals surface area contributed by atoms with E-state index in [1.54, 1.807) is 18.2 Å². The van der Waals surface area contributed by atoms with Crippen molar-refractivity contribution >= 4 is 26.9 Å². The molecule has 1 saturated heterocycles. The van der Waals surface area contributed by atoms with E-state index in [9.17, 15) is 13.2 Å². The largest absolute Gasteiger partial charge is 0.451 e. The molecule has 1 atom stereocenters. The van der Waals surface area contributed by atoms with Gasteiger partial charge in [0.25, 0.3) is 5.91 Å². The zero-order valence-corrected chi connectivity index (χ0v) is 15.0. The van der Waals surface area contributed by atoms with Gasteiger partial charge in [0.15, 0.2) is 5.76 Å². The first kappa shape index (κ1) is 16.6. The lowest BCUT2D eigenvalue weighted by Crippen LogP contribution is -2.41. The van der Waals surface area contributed by atoms with Crippen molar-refractivity contribution in [1.29, 1.82) is 0 Å². The van der Waals surface area contributed by atoms with Crippen LogP contribution in [0.1, 0.15) is 49.6 Å². The highest BCUT2D eigenvalue weighted by Gasteiger charge is 2.29. The van der Waals surface area contributed by atoms with E-state index >= 15 is 0 Å². The summed E-state index contributed by atoms with van der Waals surface area (Å²) in [7, 11) is -3.52. The molecule has 7 heteroatoms. The van der Waals surface area contributed by atoms with Crippen LogP contribution < -0.4 is 4.72 Å². The van der Waals surface area contributed by atoms with E-state index in [0.29, 0.717) is 11.0 Å². The van der Waals surface area contributed by atoms with E-state index in [1.807, 2.05) is 11.8 Å². The number of piperidine rings is 1. The summed E-state index contributed by atoms with van der Waals surface area (Å²) in [5.41, 5.74) is 0.526. The minimum absolute atomic E-state index is 0.0581. The SMILES string of the molecule is CC1CCCCN1C(=O)c1cc2cc(S(=O)(=O)NC3CC3)ccc2o1. The summed E-state index contributed by atoms with van der Waals surface area (Å²) in [4.78, 5) is 14.8. The number of rotatable bonds is 4. The van der Waals surface area contributed by atoms with Crippen LogP contribution in [0, 0.1) is 0 Å². The van der Waals surface area contributed by atoms with Crippen LogP contribution in [0.5, 0.6) is 0 Å². The lowest BCUT2D eigenvalue weighted by Gasteiger charge is -2.32. The summed E-state index contributed by atoms with van der Waals surface area (Å²) in [6, 6.07) is 6.62. The molecule has 1 unspecified atom stereocenters. The molecule has 2 fully saturated rings. The molecule has 1 aliphatic heterocycles. The third-order valence-corrected chi connectivity index (χ3v) is 6.49. The van der Waals surface area contributed by atoms with Crippen LogP contribution in [0.15, 0.2) is 33.6 Å². The van der Waals surface area contributed by atoms with Crippen LogP contribution in [0.3, 0.4) is 0 Å². The minimum Gasteiger partial charge on any atom is -0.451 e. The van der Waals surface area contributed by atoms with E-state index < -0.39 is 10.0 Å². The molecule has 4 rings (SSSR count). The van der Waals surface area contributed by atoms with E-state index in [0.717, 1.165) is 38.6 Å². The summed E-state index contributed by atoms with van der Waals surface area (Å²) >= 11 is 0. The highest BCUT2D eigenvalue weighted by atomic mass is 32.2. The Balaban J connectivity index is 1.62. The van der Waals surface area contributed by atoms with Gasteiger partial charge in [0.2, 0.25) is 10.0 Å². The van der Waals surface area contributed by atoms with Gasteiger partial charge in [0.1, 0.15) is 5.58 Å². The monoisotopic (exact) mass is 362 g/mol. The maximum absolute atomic E-state index is 12.7. The van der Waals surface area contributed by atoms with E-state index in [-0.39, 0.29) is 28.6 Å². The fraction of sp³-hybridized carbons (Fsp3) is 0.500. The summed E-state index contributed by atoms with van der Waals surface area (Å²) in [6.45, 7) is 2.79. The fourth-order valence-electron chi connectivity index (χ4n) is 3.32. The Morgan fingerprint density at radius 2 is 2.00 bits per heavy atom. The smallest absolute Gasteiger partial charge is 0.289 e. The van der Waals surface area contributed by atoms with E-state index in [1.165, 1.54) is 6.07 Å². The van der Waals surface area contributed by atoms with Gasteiger partial charge in [-0.3, -0.25) is 4.79 Å². The topological polar surface area (TPSA) is 79.6 Å². The van der Waals surface area contributed by atoms with Gasteiger partial charge >= 0.3 is 0 Å². The fourth-order valence-corrected chi connectivity index (χ4v) is 4.66. The molecule has 1 amide bonds. The van der Waals surface area contributed by atoms with Gasteiger partial charge in [-0.25, -0.2) is 13.1 Å². The van der Waals surface area contributed by atoms with Crippen molar-refractivity contribution in [2.75, 3.05) is 6.54 Å². The molecule has 1 aromatic carbocycles. The Morgan fingerprint density at radius 1 is 1.20 bits per heavy atom. The molecule has 2 heterocycles. The third kappa shape index (κ3) is 3.30. The van der Waals surface area contributed by atoms with Crippen molar-refractivity contribution in [3.05, 3.63) is 30.0 Å². The van der Waals surface area contributed by atoms with Crippen molar-refractivity contribution in [3.63, 3.8) is 0 Å². The Hall–Kier alpha value is -1.86. The standard InChI is InChI=1S/C18H22N2O4S/c1-12-4-2-3-9-20(12)18(21)17-11-13-10-15(7-8-16(13)24-17)25(22,23)19-14-5-6-14/h7-8,10-12,14,19H,2-6,9H2,1H3. The highest BCUT2D eigenvalue weighted by Crippen LogP contribution is 2.27. The quantitative estimate of drug-likeness (QED) is 0.907. The molecule has 0 spiro atoms. The van der Waals surface area contributed by atoms with Crippen molar-refractivity contribution in [1.82, 2.24) is 9.62 Å². The number of hydrogen-bond acceptors (Lipinski definition) is 4. The van der Waals surface area contributed by atoms with E-state index in [4.69, 9.17) is 4.42 Å². The van der Waals surface area contributed by atoms with Crippen LogP contribution >= 0.6 is 0 Å². The second kappa shape index (κ2) is 6.14. The normalized spacial score (nSPS) is 21.6. The number of hydrogen-bond donors (Lipinski definition) is 1. The molecule has 1 N–H and O–H groups in total. The van der Waals surface area contributed by atoms with Crippen molar-refractivity contribution in [2.24, 2.45) is 0 Å². The third-order valence-electron chi connectivity index (χ3n) is 4.97. The van der Waals surface area contributed by atoms with Crippen LogP contribution in [0.2, 0.25) is 0 Å². The number of likely N-dealkylation sites (tertiary alicyclic amines) is 1. The van der Waals surface area contributed by atoms with Gasteiger partial charge in [-0.2, -0.15) is 0 Å². The molecule has 25 heavy (non-hydrogen) atoms. The van der Waals surface area contributed by atoms with Gasteiger partial charge < -0.3 is 9.32 Å². The Bertz CT molecular complexity index is 914. The van der Waals surface area contributed by atoms with Crippen LogP contribution in [-0.4, -0.2) is 37.9 Å². The molecule has 2 aromatic rings. The Kier molecular flexibility index (Phi) is 4.08. The second-order valence-corrected chi connectivity index (χ2v) is 8.76. The predicted octanol–water partition coefficient (Wildman–Crippen LogP) is 2.89. The summed E-state index contributed by atoms with van der Waals surface area (Å²) in [6.07, 6.45) is 4.92. The molecular formula is C18H22N2O4S. The average Bonchev–Trinajstić information content (AvgIpc) is 3.27. The van der Waals surface area contributed by atoms with Gasteiger partial charge in [-0.1, -0.05) is 0 Å². The van der Waals surface area contributed by atoms with Crippen molar-refractivity contribution in [3.8, 4) is 0 Å². The Labute approximate surface area is 147 Å². The van der Waals surface area contributed by atoms with E-state index in [2.05, 4.69) is 4.72 Å². The summed E-state index contributed by atoms with van der Waals surface area (Å²) in [5.74, 6) is 0.150. The summed E-state index contributed by atoms with van der Waals surface area (Å²) in [5, 5.41) is 0.631. The predicted molar refractivity (Wildman–Crippen MR) is 93.9 cm³/mol. The number of carbonyl (C=O) groups is 1. The number of carbonyl (C=O) groups excluding carboxylic acids is 1. The van der Waals surface area contributed by atoms with Gasteiger partial charge in [-0.15, -0.1) is 0 Å². The van der Waals surface area contributed by atoms with Gasteiger partial charge in [0, 0.05) is 24.0 Å². The molecule has 6 nitrogen and oxygen atoms in total. The average molecular weight is 362 g/mol. The first-order chi connectivity index (χ1) is 11.9. The number of nitrogens with zero attached hydrogens (tertiary/aromatic N) is 1. The molecule has 1 aliphatic carbocycles. The lowest BCUT2D eigenvalue weighted by molar-refractivity contribution is 0.0605. The first-order valence-electron chi connectivity index (χ1n) is 8.81. The number of amides is 1. The van der Waals surface area contributed by atoms with Gasteiger partial charge in [-0.05, 0) is 63.3 Å². The number of nitrogens with one attached hydrogen (secondary N) is 1. The number of fused-ring (bicyclic) bond motifs is 1. The number of benzene rings is 1. The minimum atomic E-state index is -3.52. The maximum Gasteiger partial charge on any atom is 0.289 e. The zero-order valence-electron chi connectivity index (χ0n) is 14.2. The second-order valence-electron chi connectivity index (χ2n) is 7.05. The maximum atomic E-state index is 12.7. The highest BCUT2D eigenvalue weighted by molar-refractivity contribution is 7.89. The van der Waals surface area contributed by atoms with Crippen LogP contribution in [0.25, 0.3) is 11.0 Å².